The maximum absolute atomic E-state index is 12.9. The Morgan fingerprint density at radius 1 is 1.07 bits per heavy atom. The van der Waals surface area contributed by atoms with Crippen LogP contribution in [0.2, 0.25) is 0 Å². The van der Waals surface area contributed by atoms with Gasteiger partial charge in [0.25, 0.3) is 5.91 Å². The van der Waals surface area contributed by atoms with Crippen molar-refractivity contribution in [1.82, 2.24) is 4.90 Å². The van der Waals surface area contributed by atoms with E-state index in [2.05, 4.69) is 0 Å². The fourth-order valence-electron chi connectivity index (χ4n) is 2.51. The smallest absolute Gasteiger partial charge is 0.338 e. The molecule has 0 aliphatic rings. The fraction of sp³-hybridized carbons (Fsp3) is 0.182. The second-order valence-electron chi connectivity index (χ2n) is 6.35. The summed E-state index contributed by atoms with van der Waals surface area (Å²) in [5.41, 5.74) is 1.06. The van der Waals surface area contributed by atoms with Crippen LogP contribution in [0.3, 0.4) is 0 Å². The number of likely N-dealkylation sites (N-methyl/N-ethyl adjacent to an activating group) is 1. The average molecular weight is 397 g/mol. The van der Waals surface area contributed by atoms with E-state index in [1.54, 1.807) is 49.5 Å². The van der Waals surface area contributed by atoms with Gasteiger partial charge in [0.15, 0.2) is 6.61 Å². The molecule has 0 saturated heterocycles. The van der Waals surface area contributed by atoms with Crippen LogP contribution in [0.4, 0.5) is 4.39 Å². The summed E-state index contributed by atoms with van der Waals surface area (Å²) in [4.78, 5) is 25.8. The second-order valence-corrected chi connectivity index (χ2v) is 6.35. The van der Waals surface area contributed by atoms with Crippen molar-refractivity contribution in [3.63, 3.8) is 0 Å². The summed E-state index contributed by atoms with van der Waals surface area (Å²) >= 11 is 0. The highest BCUT2D eigenvalue weighted by Gasteiger charge is 2.15. The second kappa shape index (κ2) is 9.54. The van der Waals surface area contributed by atoms with Crippen molar-refractivity contribution in [2.24, 2.45) is 0 Å². The number of hydrogen-bond donors (Lipinski definition) is 0. The Balaban J connectivity index is 1.50. The Bertz CT molecular complexity index is 954. The van der Waals surface area contributed by atoms with E-state index < -0.39 is 5.97 Å². The van der Waals surface area contributed by atoms with Gasteiger partial charge in [0.2, 0.25) is 0 Å². The molecule has 6 nitrogen and oxygen atoms in total. The molecule has 0 aliphatic heterocycles. The Morgan fingerprint density at radius 3 is 2.59 bits per heavy atom. The Hall–Kier alpha value is -3.61. The normalized spacial score (nSPS) is 10.4. The number of ether oxygens (including phenoxy) is 2. The number of benzene rings is 2. The largest absolute Gasteiger partial charge is 0.489 e. The zero-order valence-electron chi connectivity index (χ0n) is 15.8. The monoisotopic (exact) mass is 397 g/mol. The lowest BCUT2D eigenvalue weighted by Crippen LogP contribution is -2.30. The quantitative estimate of drug-likeness (QED) is 0.541. The molecule has 29 heavy (non-hydrogen) atoms. The first kappa shape index (κ1) is 20.1. The van der Waals surface area contributed by atoms with Gasteiger partial charge in [0, 0.05) is 7.05 Å². The topological polar surface area (TPSA) is 69.0 Å². The van der Waals surface area contributed by atoms with Crippen LogP contribution in [0.25, 0.3) is 0 Å². The molecule has 0 bridgehead atoms. The zero-order valence-corrected chi connectivity index (χ0v) is 15.8. The molecule has 0 unspecified atom stereocenters. The van der Waals surface area contributed by atoms with E-state index in [0.717, 1.165) is 5.56 Å². The van der Waals surface area contributed by atoms with Gasteiger partial charge in [-0.15, -0.1) is 0 Å². The number of amides is 1. The third-order valence-electron chi connectivity index (χ3n) is 4.11. The van der Waals surface area contributed by atoms with Crippen molar-refractivity contribution >= 4 is 11.9 Å². The maximum Gasteiger partial charge on any atom is 0.338 e. The molecule has 0 radical (unpaired) electrons. The molecule has 0 saturated carbocycles. The van der Waals surface area contributed by atoms with Gasteiger partial charge >= 0.3 is 5.97 Å². The van der Waals surface area contributed by atoms with E-state index in [1.165, 1.54) is 29.4 Å². The molecule has 1 amide bonds. The molecule has 3 rings (SSSR count). The maximum atomic E-state index is 12.9. The number of halogens is 1. The summed E-state index contributed by atoms with van der Waals surface area (Å²) in [7, 11) is 1.60. The number of nitrogens with zero attached hydrogens (tertiary/aromatic N) is 1. The van der Waals surface area contributed by atoms with Crippen LogP contribution >= 0.6 is 0 Å². The summed E-state index contributed by atoms with van der Waals surface area (Å²) in [6, 6.07) is 15.9. The van der Waals surface area contributed by atoms with Crippen molar-refractivity contribution in [3.05, 3.63) is 89.6 Å². The molecule has 150 valence electrons. The summed E-state index contributed by atoms with van der Waals surface area (Å²) in [5.74, 6) is -0.193. The summed E-state index contributed by atoms with van der Waals surface area (Å²) in [5, 5.41) is 0. The van der Waals surface area contributed by atoms with Crippen molar-refractivity contribution in [2.75, 3.05) is 13.7 Å². The molecular weight excluding hydrogens is 377 g/mol. The van der Waals surface area contributed by atoms with Gasteiger partial charge in [0.1, 0.15) is 23.9 Å². The van der Waals surface area contributed by atoms with Crippen LogP contribution in [-0.2, 0) is 22.7 Å². The molecule has 1 heterocycles. The van der Waals surface area contributed by atoms with Crippen molar-refractivity contribution in [1.29, 1.82) is 0 Å². The highest BCUT2D eigenvalue weighted by Crippen LogP contribution is 2.16. The van der Waals surface area contributed by atoms with E-state index in [0.29, 0.717) is 11.5 Å². The number of carbonyl (C=O) groups excluding carboxylic acids is 2. The van der Waals surface area contributed by atoms with Crippen molar-refractivity contribution in [2.45, 2.75) is 13.2 Å². The predicted molar refractivity (Wildman–Crippen MR) is 103 cm³/mol. The minimum Gasteiger partial charge on any atom is -0.489 e. The van der Waals surface area contributed by atoms with Gasteiger partial charge < -0.3 is 18.8 Å². The molecule has 0 N–H and O–H groups in total. The highest BCUT2D eigenvalue weighted by atomic mass is 19.1. The molecule has 0 fully saturated rings. The first-order valence-corrected chi connectivity index (χ1v) is 8.92. The highest BCUT2D eigenvalue weighted by molar-refractivity contribution is 5.91. The first-order chi connectivity index (χ1) is 14.0. The van der Waals surface area contributed by atoms with Crippen molar-refractivity contribution in [3.8, 4) is 5.75 Å². The molecule has 3 aromatic rings. The average Bonchev–Trinajstić information content (AvgIpc) is 3.24. The van der Waals surface area contributed by atoms with Gasteiger partial charge in [-0.1, -0.05) is 18.2 Å². The molecular formula is C22H20FNO5. The van der Waals surface area contributed by atoms with Gasteiger partial charge in [-0.3, -0.25) is 4.79 Å². The van der Waals surface area contributed by atoms with Gasteiger partial charge in [-0.05, 0) is 48.0 Å². The third-order valence-corrected chi connectivity index (χ3v) is 4.11. The molecule has 2 aromatic carbocycles. The van der Waals surface area contributed by atoms with E-state index in [-0.39, 0.29) is 37.0 Å². The van der Waals surface area contributed by atoms with E-state index in [4.69, 9.17) is 13.9 Å². The number of rotatable bonds is 8. The summed E-state index contributed by atoms with van der Waals surface area (Å²) < 4.78 is 28.9. The Kier molecular flexibility index (Phi) is 6.63. The minimum atomic E-state index is -0.628. The molecule has 7 heteroatoms. The molecule has 0 aliphatic carbocycles. The van der Waals surface area contributed by atoms with Crippen LogP contribution < -0.4 is 4.74 Å². The van der Waals surface area contributed by atoms with Crippen LogP contribution in [0.5, 0.6) is 5.75 Å². The van der Waals surface area contributed by atoms with Crippen LogP contribution in [0, 0.1) is 5.82 Å². The Morgan fingerprint density at radius 2 is 1.86 bits per heavy atom. The lowest BCUT2D eigenvalue weighted by molar-refractivity contribution is -0.133. The lowest BCUT2D eigenvalue weighted by atomic mass is 10.2. The van der Waals surface area contributed by atoms with E-state index >= 15 is 0 Å². The van der Waals surface area contributed by atoms with Crippen LogP contribution in [0.1, 0.15) is 21.7 Å². The SMILES string of the molecule is CN(Cc1ccco1)C(=O)COC(=O)c1cccc(OCc2ccc(F)cc2)c1. The van der Waals surface area contributed by atoms with Gasteiger partial charge in [-0.25, -0.2) is 9.18 Å². The Labute approximate surface area is 167 Å². The molecule has 1 aromatic heterocycles. The summed E-state index contributed by atoms with van der Waals surface area (Å²) in [6.45, 7) is 0.141. The van der Waals surface area contributed by atoms with Gasteiger partial charge in [0.05, 0.1) is 18.4 Å². The standard InChI is InChI=1S/C22H20FNO5/c1-24(13-20-6-3-11-27-20)21(25)15-29-22(26)17-4-2-5-19(12-17)28-14-16-7-9-18(23)10-8-16/h2-12H,13-15H2,1H3. The molecule has 0 spiro atoms. The number of esters is 1. The fourth-order valence-corrected chi connectivity index (χ4v) is 2.51. The van der Waals surface area contributed by atoms with Crippen LogP contribution in [0.15, 0.2) is 71.3 Å². The lowest BCUT2D eigenvalue weighted by Gasteiger charge is -2.15. The number of hydrogen-bond acceptors (Lipinski definition) is 5. The summed E-state index contributed by atoms with van der Waals surface area (Å²) in [6.07, 6.45) is 1.53. The van der Waals surface area contributed by atoms with Gasteiger partial charge in [-0.2, -0.15) is 0 Å². The number of furan rings is 1. The van der Waals surface area contributed by atoms with Crippen LogP contribution in [-0.4, -0.2) is 30.4 Å². The first-order valence-electron chi connectivity index (χ1n) is 8.92. The minimum absolute atomic E-state index is 0.231. The zero-order chi connectivity index (χ0) is 20.6. The third kappa shape index (κ3) is 5.93. The van der Waals surface area contributed by atoms with Crippen molar-refractivity contribution < 1.29 is 27.9 Å². The van der Waals surface area contributed by atoms with E-state index in [1.807, 2.05) is 0 Å². The molecule has 0 atom stereocenters. The van der Waals surface area contributed by atoms with E-state index in [9.17, 15) is 14.0 Å². The number of carbonyl (C=O) groups is 2. The predicted octanol–water partition coefficient (Wildman–Crippen LogP) is 3.81.